The number of nitrogens with one attached hydrogen (secondary N) is 1. The van der Waals surface area contributed by atoms with Gasteiger partial charge in [0.2, 0.25) is 0 Å². The molecular formula is C25H20F3N7O2. The number of imidazole rings is 1. The molecule has 1 aliphatic heterocycles. The molecule has 0 radical (unpaired) electrons. The molecule has 1 N–H and O–H groups in total. The summed E-state index contributed by atoms with van der Waals surface area (Å²) in [5.41, 5.74) is 1.91. The minimum atomic E-state index is -4.80. The largest absolute Gasteiger partial charge is 0.417 e. The van der Waals surface area contributed by atoms with E-state index in [1.165, 1.54) is 12.3 Å². The smallest absolute Gasteiger partial charge is 0.378 e. The zero-order chi connectivity index (χ0) is 26.2. The van der Waals surface area contributed by atoms with Gasteiger partial charge < -0.3 is 19.4 Å². The normalized spacial score (nSPS) is 14.0. The Kier molecular flexibility index (Phi) is 6.22. The van der Waals surface area contributed by atoms with E-state index in [2.05, 4.69) is 25.2 Å². The molecule has 1 aliphatic rings. The van der Waals surface area contributed by atoms with Gasteiger partial charge in [-0.3, -0.25) is 9.78 Å². The summed E-state index contributed by atoms with van der Waals surface area (Å²) in [6.07, 6.45) is 2.82. The van der Waals surface area contributed by atoms with Crippen LogP contribution in [0.3, 0.4) is 0 Å². The molecule has 188 valence electrons. The van der Waals surface area contributed by atoms with Crippen LogP contribution in [0, 0.1) is 18.3 Å². The molecule has 0 aromatic carbocycles. The minimum Gasteiger partial charge on any atom is -0.378 e. The lowest BCUT2D eigenvalue weighted by molar-refractivity contribution is -0.137. The number of rotatable bonds is 4. The number of carbonyl (C=O) groups excluding carboxylic acids is 1. The first kappa shape index (κ1) is 24.2. The van der Waals surface area contributed by atoms with Crippen molar-refractivity contribution in [3.05, 3.63) is 71.7 Å². The Bertz CT molecular complexity index is 1540. The van der Waals surface area contributed by atoms with Crippen LogP contribution in [0.2, 0.25) is 0 Å². The fourth-order valence-corrected chi connectivity index (χ4v) is 4.19. The fraction of sp³-hybridized carbons (Fsp3) is 0.240. The van der Waals surface area contributed by atoms with E-state index in [0.29, 0.717) is 25.0 Å². The Hall–Kier alpha value is -4.50. The molecule has 9 nitrogen and oxygen atoms in total. The van der Waals surface area contributed by atoms with Gasteiger partial charge in [0.15, 0.2) is 5.65 Å². The molecule has 0 aliphatic carbocycles. The zero-order valence-electron chi connectivity index (χ0n) is 19.6. The SMILES string of the molecule is Cc1ncc(NC(=O)c2cc(C(F)(F)F)c(C#N)cn2)cc1-c1cc(N2CCOCC2)c2nccn2c1. The molecule has 1 saturated heterocycles. The number of hydrogen-bond acceptors (Lipinski definition) is 7. The molecule has 0 unspecified atom stereocenters. The molecule has 1 fully saturated rings. The Morgan fingerprint density at radius 3 is 2.65 bits per heavy atom. The van der Waals surface area contributed by atoms with E-state index < -0.39 is 28.9 Å². The van der Waals surface area contributed by atoms with Crippen LogP contribution in [-0.4, -0.2) is 51.6 Å². The van der Waals surface area contributed by atoms with Gasteiger partial charge >= 0.3 is 6.18 Å². The first-order chi connectivity index (χ1) is 17.7. The maximum absolute atomic E-state index is 13.3. The van der Waals surface area contributed by atoms with E-state index in [4.69, 9.17) is 10.00 Å². The third kappa shape index (κ3) is 4.81. The highest BCUT2D eigenvalue weighted by Crippen LogP contribution is 2.33. The van der Waals surface area contributed by atoms with Gasteiger partial charge in [-0.15, -0.1) is 0 Å². The second kappa shape index (κ2) is 9.51. The van der Waals surface area contributed by atoms with Crippen LogP contribution in [0.15, 0.2) is 49.2 Å². The predicted octanol–water partition coefficient (Wildman–Crippen LogP) is 4.08. The number of anilines is 2. The molecule has 37 heavy (non-hydrogen) atoms. The second-order valence-electron chi connectivity index (χ2n) is 8.41. The number of aryl methyl sites for hydroxylation is 1. The highest BCUT2D eigenvalue weighted by molar-refractivity contribution is 6.03. The number of nitrogens with zero attached hydrogens (tertiary/aromatic N) is 6. The van der Waals surface area contributed by atoms with Crippen molar-refractivity contribution in [1.29, 1.82) is 5.26 Å². The number of alkyl halides is 3. The number of halogens is 3. The number of amides is 1. The van der Waals surface area contributed by atoms with E-state index in [1.54, 1.807) is 12.3 Å². The first-order valence-electron chi connectivity index (χ1n) is 11.3. The van der Waals surface area contributed by atoms with Gasteiger partial charge in [-0.05, 0) is 25.1 Å². The van der Waals surface area contributed by atoms with Crippen LogP contribution in [0.5, 0.6) is 0 Å². The van der Waals surface area contributed by atoms with Gasteiger partial charge in [0.25, 0.3) is 5.91 Å². The highest BCUT2D eigenvalue weighted by Gasteiger charge is 2.35. The Morgan fingerprint density at radius 1 is 1.14 bits per heavy atom. The van der Waals surface area contributed by atoms with Crippen LogP contribution < -0.4 is 10.2 Å². The molecule has 0 saturated carbocycles. The number of carbonyl (C=O) groups is 1. The highest BCUT2D eigenvalue weighted by atomic mass is 19.4. The van der Waals surface area contributed by atoms with E-state index >= 15 is 0 Å². The summed E-state index contributed by atoms with van der Waals surface area (Å²) in [7, 11) is 0. The average molecular weight is 507 g/mol. The van der Waals surface area contributed by atoms with E-state index in [9.17, 15) is 18.0 Å². The van der Waals surface area contributed by atoms with Gasteiger partial charge in [0, 0.05) is 54.7 Å². The van der Waals surface area contributed by atoms with Gasteiger partial charge in [0.1, 0.15) is 11.8 Å². The monoisotopic (exact) mass is 507 g/mol. The Labute approximate surface area is 209 Å². The zero-order valence-corrected chi connectivity index (χ0v) is 19.6. The van der Waals surface area contributed by atoms with E-state index in [1.807, 2.05) is 29.8 Å². The number of ether oxygens (including phenoxy) is 1. The van der Waals surface area contributed by atoms with Crippen molar-refractivity contribution < 1.29 is 22.7 Å². The summed E-state index contributed by atoms with van der Waals surface area (Å²) >= 11 is 0. The molecular weight excluding hydrogens is 487 g/mol. The quantitative estimate of drug-likeness (QED) is 0.443. The van der Waals surface area contributed by atoms with Crippen molar-refractivity contribution >= 4 is 22.9 Å². The van der Waals surface area contributed by atoms with Crippen LogP contribution in [0.25, 0.3) is 16.8 Å². The van der Waals surface area contributed by atoms with Crippen molar-refractivity contribution in [3.8, 4) is 17.2 Å². The minimum absolute atomic E-state index is 0.281. The fourth-order valence-electron chi connectivity index (χ4n) is 4.19. The maximum Gasteiger partial charge on any atom is 0.417 e. The molecule has 0 atom stereocenters. The number of pyridine rings is 3. The van der Waals surface area contributed by atoms with Crippen LogP contribution >= 0.6 is 0 Å². The number of fused-ring (bicyclic) bond motifs is 1. The lowest BCUT2D eigenvalue weighted by Crippen LogP contribution is -2.36. The molecule has 5 rings (SSSR count). The number of nitriles is 1. The molecule has 5 heterocycles. The summed E-state index contributed by atoms with van der Waals surface area (Å²) in [5, 5.41) is 11.5. The Balaban J connectivity index is 1.48. The first-order valence-corrected chi connectivity index (χ1v) is 11.3. The van der Waals surface area contributed by atoms with Crippen molar-refractivity contribution in [2.45, 2.75) is 13.1 Å². The van der Waals surface area contributed by atoms with Gasteiger partial charge in [0.05, 0.1) is 41.9 Å². The van der Waals surface area contributed by atoms with Crippen LogP contribution in [-0.2, 0) is 10.9 Å². The maximum atomic E-state index is 13.3. The molecule has 12 heteroatoms. The number of morpholine rings is 1. The summed E-state index contributed by atoms with van der Waals surface area (Å²) in [6.45, 7) is 4.48. The summed E-state index contributed by atoms with van der Waals surface area (Å²) in [6, 6.07) is 5.72. The average Bonchev–Trinajstić information content (AvgIpc) is 3.37. The molecule has 0 spiro atoms. The summed E-state index contributed by atoms with van der Waals surface area (Å²) in [5.74, 6) is -0.856. The van der Waals surface area contributed by atoms with Gasteiger partial charge in [-0.2, -0.15) is 18.4 Å². The lowest BCUT2D eigenvalue weighted by Gasteiger charge is -2.29. The van der Waals surface area contributed by atoms with Gasteiger partial charge in [-0.25, -0.2) is 9.97 Å². The lowest BCUT2D eigenvalue weighted by atomic mass is 10.0. The van der Waals surface area contributed by atoms with E-state index in [0.717, 1.165) is 41.7 Å². The number of aromatic nitrogens is 4. The second-order valence-corrected chi connectivity index (χ2v) is 8.41. The molecule has 4 aromatic rings. The third-order valence-corrected chi connectivity index (χ3v) is 6.04. The summed E-state index contributed by atoms with van der Waals surface area (Å²) in [4.78, 5) is 27.5. The standard InChI is InChI=1S/C25H20F3N7O2/c1-15-19(16-8-22(34-4-6-37-7-5-34)23-30-2-3-35(23)14-16)9-18(13-31-15)33-24(36)21-10-20(25(26,27)28)17(11-29)12-32-21/h2-3,8-10,12-14H,4-7H2,1H3,(H,33,36). The molecule has 4 aromatic heterocycles. The van der Waals surface area contributed by atoms with Crippen molar-refractivity contribution in [2.75, 3.05) is 36.5 Å². The van der Waals surface area contributed by atoms with Crippen molar-refractivity contribution in [1.82, 2.24) is 19.4 Å². The topological polar surface area (TPSA) is 108 Å². The van der Waals surface area contributed by atoms with Gasteiger partial charge in [-0.1, -0.05) is 0 Å². The van der Waals surface area contributed by atoms with Crippen LogP contribution in [0.1, 0.15) is 27.3 Å². The third-order valence-electron chi connectivity index (χ3n) is 6.04. The van der Waals surface area contributed by atoms with Crippen molar-refractivity contribution in [3.63, 3.8) is 0 Å². The summed E-state index contributed by atoms with van der Waals surface area (Å²) < 4.78 is 47.3. The van der Waals surface area contributed by atoms with E-state index in [-0.39, 0.29) is 5.69 Å². The van der Waals surface area contributed by atoms with Crippen LogP contribution in [0.4, 0.5) is 24.5 Å². The number of hydrogen-bond donors (Lipinski definition) is 1. The molecule has 1 amide bonds. The predicted molar refractivity (Wildman–Crippen MR) is 128 cm³/mol. The van der Waals surface area contributed by atoms with Crippen molar-refractivity contribution in [2.24, 2.45) is 0 Å². The Morgan fingerprint density at radius 2 is 1.92 bits per heavy atom. The molecule has 0 bridgehead atoms.